The van der Waals surface area contributed by atoms with E-state index in [2.05, 4.69) is 5.32 Å². The summed E-state index contributed by atoms with van der Waals surface area (Å²) in [7, 11) is 0. The van der Waals surface area contributed by atoms with Crippen LogP contribution in [0.5, 0.6) is 0 Å². The number of aliphatic hydroxyl groups is 1. The van der Waals surface area contributed by atoms with Crippen molar-refractivity contribution < 1.29 is 9.90 Å². The van der Waals surface area contributed by atoms with Gasteiger partial charge in [-0.1, -0.05) is 32.0 Å². The van der Waals surface area contributed by atoms with Crippen LogP contribution in [0.15, 0.2) is 24.3 Å². The van der Waals surface area contributed by atoms with E-state index in [0.29, 0.717) is 30.9 Å². The molecule has 4 N–H and O–H groups in total. The number of nitrogens with one attached hydrogen (secondary N) is 1. The van der Waals surface area contributed by atoms with Crippen molar-refractivity contribution in [1.29, 1.82) is 0 Å². The first-order chi connectivity index (χ1) is 9.04. The summed E-state index contributed by atoms with van der Waals surface area (Å²) < 4.78 is 0. The molecule has 0 bridgehead atoms. The van der Waals surface area contributed by atoms with E-state index in [4.69, 9.17) is 5.73 Å². The topological polar surface area (TPSA) is 75.3 Å². The predicted molar refractivity (Wildman–Crippen MR) is 77.0 cm³/mol. The Morgan fingerprint density at radius 3 is 2.68 bits per heavy atom. The Kier molecular flexibility index (Phi) is 6.53. The van der Waals surface area contributed by atoms with E-state index >= 15 is 0 Å². The summed E-state index contributed by atoms with van der Waals surface area (Å²) in [6.07, 6.45) is 0.869. The van der Waals surface area contributed by atoms with Gasteiger partial charge in [-0.05, 0) is 36.9 Å². The molecule has 0 saturated carbocycles. The van der Waals surface area contributed by atoms with E-state index in [1.54, 1.807) is 6.07 Å². The van der Waals surface area contributed by atoms with Crippen LogP contribution in [0.2, 0.25) is 0 Å². The van der Waals surface area contributed by atoms with Gasteiger partial charge in [0, 0.05) is 12.1 Å². The zero-order valence-corrected chi connectivity index (χ0v) is 11.7. The first kappa shape index (κ1) is 15.7. The van der Waals surface area contributed by atoms with Gasteiger partial charge < -0.3 is 16.2 Å². The van der Waals surface area contributed by atoms with Crippen molar-refractivity contribution in [2.45, 2.75) is 32.8 Å². The minimum atomic E-state index is -0.495. The van der Waals surface area contributed by atoms with Crippen molar-refractivity contribution in [3.8, 4) is 0 Å². The summed E-state index contributed by atoms with van der Waals surface area (Å²) in [4.78, 5) is 12.1. The Labute approximate surface area is 115 Å². The van der Waals surface area contributed by atoms with Crippen LogP contribution in [0, 0.1) is 5.92 Å². The van der Waals surface area contributed by atoms with Gasteiger partial charge in [0.2, 0.25) is 0 Å². The zero-order valence-electron chi connectivity index (χ0n) is 11.7. The highest BCUT2D eigenvalue weighted by Crippen LogP contribution is 2.09. The first-order valence-electron chi connectivity index (χ1n) is 6.78. The van der Waals surface area contributed by atoms with Gasteiger partial charge in [0.1, 0.15) is 0 Å². The molecule has 19 heavy (non-hydrogen) atoms. The molecule has 1 rings (SSSR count). The molecule has 0 heterocycles. The van der Waals surface area contributed by atoms with Gasteiger partial charge >= 0.3 is 0 Å². The molecule has 1 aromatic carbocycles. The maximum atomic E-state index is 12.1. The predicted octanol–water partition coefficient (Wildman–Crippen LogP) is 1.32. The van der Waals surface area contributed by atoms with E-state index in [-0.39, 0.29) is 12.5 Å². The van der Waals surface area contributed by atoms with Crippen LogP contribution >= 0.6 is 0 Å². The lowest BCUT2D eigenvalue weighted by Gasteiger charge is -2.15. The number of nitrogens with two attached hydrogens (primary N) is 1. The molecule has 106 valence electrons. The van der Waals surface area contributed by atoms with Crippen LogP contribution in [0.3, 0.4) is 0 Å². The van der Waals surface area contributed by atoms with Gasteiger partial charge in [-0.25, -0.2) is 0 Å². The van der Waals surface area contributed by atoms with Crippen molar-refractivity contribution in [3.05, 3.63) is 35.4 Å². The Bertz CT molecular complexity index is 405. The van der Waals surface area contributed by atoms with Crippen molar-refractivity contribution in [3.63, 3.8) is 0 Å². The molecule has 4 nitrogen and oxygen atoms in total. The first-order valence-corrected chi connectivity index (χ1v) is 6.78. The third-order valence-corrected chi connectivity index (χ3v) is 2.92. The maximum absolute atomic E-state index is 12.1. The molecule has 0 aliphatic carbocycles. The lowest BCUT2D eigenvalue weighted by molar-refractivity contribution is 0.0899. The molecule has 1 atom stereocenters. The number of benzene rings is 1. The highest BCUT2D eigenvalue weighted by Gasteiger charge is 2.12. The van der Waals surface area contributed by atoms with E-state index < -0.39 is 6.10 Å². The fraction of sp³-hybridized carbons (Fsp3) is 0.533. The molecule has 1 amide bonds. The SMILES string of the molecule is CC(C)CC(O)CNC(=O)c1ccccc1CCN. The standard InChI is InChI=1S/C15H24N2O2/c1-11(2)9-13(18)10-17-15(19)14-6-4-3-5-12(14)7-8-16/h3-6,11,13,18H,7-10,16H2,1-2H3,(H,17,19). The van der Waals surface area contributed by atoms with Gasteiger partial charge in [0.05, 0.1) is 6.10 Å². The minimum Gasteiger partial charge on any atom is -0.391 e. The van der Waals surface area contributed by atoms with Crippen LogP contribution < -0.4 is 11.1 Å². The van der Waals surface area contributed by atoms with Crippen molar-refractivity contribution >= 4 is 5.91 Å². The maximum Gasteiger partial charge on any atom is 0.251 e. The number of carbonyl (C=O) groups is 1. The molecular weight excluding hydrogens is 240 g/mol. The molecule has 4 heteroatoms. The lowest BCUT2D eigenvalue weighted by atomic mass is 10.0. The minimum absolute atomic E-state index is 0.146. The molecule has 0 aromatic heterocycles. The Balaban J connectivity index is 2.58. The number of carbonyl (C=O) groups excluding carboxylic acids is 1. The largest absolute Gasteiger partial charge is 0.391 e. The van der Waals surface area contributed by atoms with E-state index in [1.165, 1.54) is 0 Å². The van der Waals surface area contributed by atoms with Gasteiger partial charge in [0.25, 0.3) is 5.91 Å². The Hall–Kier alpha value is -1.39. The molecule has 1 unspecified atom stereocenters. The Morgan fingerprint density at radius 1 is 1.37 bits per heavy atom. The molecule has 1 aromatic rings. The second-order valence-electron chi connectivity index (χ2n) is 5.19. The van der Waals surface area contributed by atoms with Gasteiger partial charge in [0.15, 0.2) is 0 Å². The zero-order chi connectivity index (χ0) is 14.3. The van der Waals surface area contributed by atoms with Crippen LogP contribution in [-0.2, 0) is 6.42 Å². The van der Waals surface area contributed by atoms with Crippen LogP contribution in [-0.4, -0.2) is 30.2 Å². The second-order valence-corrected chi connectivity index (χ2v) is 5.19. The van der Waals surface area contributed by atoms with E-state index in [0.717, 1.165) is 5.56 Å². The summed E-state index contributed by atoms with van der Waals surface area (Å²) in [5.74, 6) is 0.267. The summed E-state index contributed by atoms with van der Waals surface area (Å²) in [5.41, 5.74) is 7.12. The second kappa shape index (κ2) is 7.92. The number of aliphatic hydroxyl groups excluding tert-OH is 1. The molecule has 0 fully saturated rings. The number of hydrogen-bond donors (Lipinski definition) is 3. The summed E-state index contributed by atoms with van der Waals surface area (Å²) >= 11 is 0. The third-order valence-electron chi connectivity index (χ3n) is 2.92. The van der Waals surface area contributed by atoms with Gasteiger partial charge in [-0.15, -0.1) is 0 Å². The molecule has 0 aliphatic heterocycles. The highest BCUT2D eigenvalue weighted by atomic mass is 16.3. The molecule has 0 saturated heterocycles. The summed E-state index contributed by atoms with van der Waals surface area (Å²) in [5, 5.41) is 12.5. The smallest absolute Gasteiger partial charge is 0.251 e. The van der Waals surface area contributed by atoms with Crippen molar-refractivity contribution in [1.82, 2.24) is 5.32 Å². The molecule has 0 spiro atoms. The van der Waals surface area contributed by atoms with Crippen molar-refractivity contribution in [2.24, 2.45) is 11.7 Å². The fourth-order valence-electron chi connectivity index (χ4n) is 2.05. The normalized spacial score (nSPS) is 12.5. The number of hydrogen-bond acceptors (Lipinski definition) is 3. The Morgan fingerprint density at radius 2 is 2.05 bits per heavy atom. The van der Waals surface area contributed by atoms with Crippen LogP contribution in [0.4, 0.5) is 0 Å². The number of amides is 1. The van der Waals surface area contributed by atoms with E-state index in [9.17, 15) is 9.90 Å². The van der Waals surface area contributed by atoms with Gasteiger partial charge in [-0.2, -0.15) is 0 Å². The average Bonchev–Trinajstić information content (AvgIpc) is 2.36. The summed E-state index contributed by atoms with van der Waals surface area (Å²) in [6, 6.07) is 7.43. The van der Waals surface area contributed by atoms with Crippen LogP contribution in [0.25, 0.3) is 0 Å². The van der Waals surface area contributed by atoms with Crippen molar-refractivity contribution in [2.75, 3.05) is 13.1 Å². The monoisotopic (exact) mass is 264 g/mol. The molecule has 0 aliphatic rings. The van der Waals surface area contributed by atoms with E-state index in [1.807, 2.05) is 32.0 Å². The van der Waals surface area contributed by atoms with Crippen LogP contribution in [0.1, 0.15) is 36.2 Å². The molecule has 0 radical (unpaired) electrons. The summed E-state index contributed by atoms with van der Waals surface area (Å²) in [6.45, 7) is 4.89. The van der Waals surface area contributed by atoms with Gasteiger partial charge in [-0.3, -0.25) is 4.79 Å². The third kappa shape index (κ3) is 5.41. The fourth-order valence-corrected chi connectivity index (χ4v) is 2.05. The number of rotatable bonds is 7. The highest BCUT2D eigenvalue weighted by molar-refractivity contribution is 5.95. The quantitative estimate of drug-likeness (QED) is 0.695. The lowest BCUT2D eigenvalue weighted by Crippen LogP contribution is -2.33. The average molecular weight is 264 g/mol. The molecular formula is C15H24N2O2.